The first-order valence-corrected chi connectivity index (χ1v) is 8.07. The summed E-state index contributed by atoms with van der Waals surface area (Å²) >= 11 is 6.08. The number of pyridine rings is 1. The van der Waals surface area contributed by atoms with Gasteiger partial charge in [-0.25, -0.2) is 0 Å². The smallest absolute Gasteiger partial charge is 0.257 e. The first-order valence-electron chi connectivity index (χ1n) is 7.70. The van der Waals surface area contributed by atoms with Gasteiger partial charge >= 0.3 is 0 Å². The van der Waals surface area contributed by atoms with Crippen molar-refractivity contribution < 1.29 is 9.53 Å². The van der Waals surface area contributed by atoms with Crippen molar-refractivity contribution in [2.24, 2.45) is 0 Å². The van der Waals surface area contributed by atoms with E-state index >= 15 is 0 Å². The maximum absolute atomic E-state index is 11.9. The number of halogens is 1. The fourth-order valence-corrected chi connectivity index (χ4v) is 2.81. The van der Waals surface area contributed by atoms with E-state index in [2.05, 4.69) is 15.3 Å². The Labute approximate surface area is 145 Å². The van der Waals surface area contributed by atoms with Crippen LogP contribution in [0.4, 0.5) is 0 Å². The number of nitrogens with zero attached hydrogens (tertiary/aromatic N) is 1. The fourth-order valence-electron chi connectivity index (χ4n) is 2.64. The number of nitrogens with one attached hydrogen (secondary N) is 2. The highest BCUT2D eigenvalue weighted by atomic mass is 35.5. The van der Waals surface area contributed by atoms with Gasteiger partial charge < -0.3 is 15.0 Å². The lowest BCUT2D eigenvalue weighted by Crippen LogP contribution is -2.30. The van der Waals surface area contributed by atoms with Crippen LogP contribution in [0.3, 0.4) is 0 Å². The van der Waals surface area contributed by atoms with Gasteiger partial charge in [0, 0.05) is 34.4 Å². The summed E-state index contributed by atoms with van der Waals surface area (Å²) in [5.74, 6) is 0.421. The third-order valence-electron chi connectivity index (χ3n) is 3.78. The highest BCUT2D eigenvalue weighted by Gasteiger charge is 2.09. The lowest BCUT2D eigenvalue weighted by molar-refractivity contribution is -0.123. The average Bonchev–Trinajstić information content (AvgIpc) is 2.89. The van der Waals surface area contributed by atoms with Crippen molar-refractivity contribution in [2.45, 2.75) is 13.3 Å². The summed E-state index contributed by atoms with van der Waals surface area (Å²) in [5, 5.41) is 4.67. The molecule has 0 fully saturated rings. The van der Waals surface area contributed by atoms with E-state index in [1.54, 1.807) is 24.5 Å². The van der Waals surface area contributed by atoms with Crippen molar-refractivity contribution >= 4 is 28.4 Å². The van der Waals surface area contributed by atoms with Crippen LogP contribution in [0.5, 0.6) is 5.75 Å². The molecule has 0 radical (unpaired) electrons. The van der Waals surface area contributed by atoms with Gasteiger partial charge in [-0.2, -0.15) is 0 Å². The number of benzene rings is 1. The quantitative estimate of drug-likeness (QED) is 0.722. The molecule has 0 saturated carbocycles. The van der Waals surface area contributed by atoms with Crippen molar-refractivity contribution in [3.8, 4) is 5.75 Å². The number of hydrogen-bond donors (Lipinski definition) is 2. The summed E-state index contributed by atoms with van der Waals surface area (Å²) in [7, 11) is 0. The minimum atomic E-state index is -0.158. The van der Waals surface area contributed by atoms with Gasteiger partial charge in [0.2, 0.25) is 0 Å². The van der Waals surface area contributed by atoms with E-state index in [1.807, 2.05) is 25.1 Å². The van der Waals surface area contributed by atoms with Gasteiger partial charge in [0.05, 0.1) is 6.20 Å². The summed E-state index contributed by atoms with van der Waals surface area (Å²) in [6.45, 7) is 2.54. The molecular weight excluding hydrogens is 326 g/mol. The number of carbonyl (C=O) groups excluding carboxylic acids is 1. The van der Waals surface area contributed by atoms with Crippen LogP contribution < -0.4 is 10.1 Å². The highest BCUT2D eigenvalue weighted by molar-refractivity contribution is 6.31. The predicted octanol–water partition coefficient (Wildman–Crippen LogP) is 3.26. The molecule has 0 aliphatic carbocycles. The van der Waals surface area contributed by atoms with Crippen LogP contribution in [0, 0.1) is 6.92 Å². The maximum atomic E-state index is 11.9. The predicted molar refractivity (Wildman–Crippen MR) is 94.5 cm³/mol. The molecule has 0 atom stereocenters. The number of H-pyrrole nitrogens is 1. The molecule has 0 aliphatic rings. The van der Waals surface area contributed by atoms with Crippen molar-refractivity contribution in [3.63, 3.8) is 0 Å². The lowest BCUT2D eigenvalue weighted by Gasteiger charge is -2.07. The molecule has 2 aromatic heterocycles. The zero-order valence-electron chi connectivity index (χ0n) is 13.3. The number of amides is 1. The first-order chi connectivity index (χ1) is 11.6. The molecule has 6 heteroatoms. The topological polar surface area (TPSA) is 67.0 Å². The van der Waals surface area contributed by atoms with Crippen LogP contribution in [0.15, 0.2) is 42.7 Å². The molecule has 0 unspecified atom stereocenters. The second-order valence-electron chi connectivity index (χ2n) is 5.50. The van der Waals surface area contributed by atoms with E-state index in [0.29, 0.717) is 17.3 Å². The summed E-state index contributed by atoms with van der Waals surface area (Å²) in [6, 6.07) is 9.30. The molecule has 0 spiro atoms. The van der Waals surface area contributed by atoms with E-state index in [1.165, 1.54) is 5.56 Å². The summed E-state index contributed by atoms with van der Waals surface area (Å²) in [6.07, 6.45) is 3.96. The Morgan fingerprint density at radius 1 is 1.38 bits per heavy atom. The van der Waals surface area contributed by atoms with E-state index in [9.17, 15) is 4.79 Å². The SMILES string of the molecule is Cc1[nH]c2ccc(Cl)cc2c1CCNC(=O)COc1cccnc1. The van der Waals surface area contributed by atoms with Crippen LogP contribution in [0.2, 0.25) is 5.02 Å². The first kappa shape index (κ1) is 16.3. The second kappa shape index (κ2) is 7.36. The second-order valence-corrected chi connectivity index (χ2v) is 5.93. The Kier molecular flexibility index (Phi) is 5.01. The molecule has 24 heavy (non-hydrogen) atoms. The number of aromatic amines is 1. The van der Waals surface area contributed by atoms with Crippen LogP contribution in [-0.4, -0.2) is 29.0 Å². The standard InChI is InChI=1S/C18H18ClN3O2/c1-12-15(16-9-13(19)4-5-17(16)22-12)6-8-21-18(23)11-24-14-3-2-7-20-10-14/h2-5,7,9-10,22H,6,8,11H2,1H3,(H,21,23). The van der Waals surface area contributed by atoms with Gasteiger partial charge in [-0.3, -0.25) is 9.78 Å². The van der Waals surface area contributed by atoms with Crippen LogP contribution in [0.25, 0.3) is 10.9 Å². The third kappa shape index (κ3) is 3.86. The molecule has 2 heterocycles. The number of aryl methyl sites for hydroxylation is 1. The number of fused-ring (bicyclic) bond motifs is 1. The minimum absolute atomic E-state index is 0.0234. The van der Waals surface area contributed by atoms with Gasteiger partial charge in [-0.1, -0.05) is 11.6 Å². The van der Waals surface area contributed by atoms with E-state index in [4.69, 9.17) is 16.3 Å². The van der Waals surface area contributed by atoms with E-state index in [-0.39, 0.29) is 12.5 Å². The number of aromatic nitrogens is 2. The highest BCUT2D eigenvalue weighted by Crippen LogP contribution is 2.25. The van der Waals surface area contributed by atoms with E-state index in [0.717, 1.165) is 23.0 Å². The van der Waals surface area contributed by atoms with Crippen LogP contribution >= 0.6 is 11.6 Å². The number of hydrogen-bond acceptors (Lipinski definition) is 3. The van der Waals surface area contributed by atoms with Crippen molar-refractivity contribution in [1.82, 2.24) is 15.3 Å². The number of rotatable bonds is 6. The number of ether oxygens (including phenoxy) is 1. The van der Waals surface area contributed by atoms with Crippen molar-refractivity contribution in [2.75, 3.05) is 13.2 Å². The molecule has 3 rings (SSSR count). The molecule has 1 aromatic carbocycles. The molecule has 0 bridgehead atoms. The van der Waals surface area contributed by atoms with Crippen LogP contribution in [0.1, 0.15) is 11.3 Å². The zero-order chi connectivity index (χ0) is 16.9. The summed E-state index contributed by atoms with van der Waals surface area (Å²) < 4.78 is 5.37. The number of carbonyl (C=O) groups is 1. The third-order valence-corrected chi connectivity index (χ3v) is 4.02. The molecular formula is C18H18ClN3O2. The van der Waals surface area contributed by atoms with Gasteiger partial charge in [-0.05, 0) is 49.2 Å². The lowest BCUT2D eigenvalue weighted by atomic mass is 10.1. The Morgan fingerprint density at radius 2 is 2.25 bits per heavy atom. The Bertz CT molecular complexity index is 846. The Balaban J connectivity index is 1.54. The molecule has 124 valence electrons. The monoisotopic (exact) mass is 343 g/mol. The van der Waals surface area contributed by atoms with Gasteiger partial charge in [0.15, 0.2) is 6.61 Å². The van der Waals surface area contributed by atoms with Gasteiger partial charge in [0.1, 0.15) is 5.75 Å². The minimum Gasteiger partial charge on any atom is -0.482 e. The largest absolute Gasteiger partial charge is 0.482 e. The molecule has 3 aromatic rings. The van der Waals surface area contributed by atoms with Gasteiger partial charge in [-0.15, -0.1) is 0 Å². The normalized spacial score (nSPS) is 10.8. The Hall–Kier alpha value is -2.53. The summed E-state index contributed by atoms with van der Waals surface area (Å²) in [4.78, 5) is 19.1. The zero-order valence-corrected chi connectivity index (χ0v) is 14.1. The molecule has 5 nitrogen and oxygen atoms in total. The molecule has 0 saturated heterocycles. The molecule has 0 aliphatic heterocycles. The average molecular weight is 344 g/mol. The van der Waals surface area contributed by atoms with Crippen molar-refractivity contribution in [3.05, 3.63) is 59.0 Å². The maximum Gasteiger partial charge on any atom is 0.257 e. The molecule has 1 amide bonds. The summed E-state index contributed by atoms with van der Waals surface area (Å²) in [5.41, 5.74) is 3.31. The molecule has 2 N–H and O–H groups in total. The van der Waals surface area contributed by atoms with Crippen molar-refractivity contribution in [1.29, 1.82) is 0 Å². The van der Waals surface area contributed by atoms with Gasteiger partial charge in [0.25, 0.3) is 5.91 Å². The van der Waals surface area contributed by atoms with E-state index < -0.39 is 0 Å². The Morgan fingerprint density at radius 3 is 3.04 bits per heavy atom. The fraction of sp³-hybridized carbons (Fsp3) is 0.222. The van der Waals surface area contributed by atoms with Crippen LogP contribution in [-0.2, 0) is 11.2 Å².